The average molecular weight is 842 g/mol. The second-order valence-electron chi connectivity index (χ2n) is 11.2. The first-order chi connectivity index (χ1) is 25.1. The van der Waals surface area contributed by atoms with Gasteiger partial charge in [0, 0.05) is 75.7 Å². The molecule has 0 fully saturated rings. The quantitative estimate of drug-likeness (QED) is 0.157. The molecule has 0 aliphatic carbocycles. The van der Waals surface area contributed by atoms with Gasteiger partial charge in [0.25, 0.3) is 11.1 Å². The maximum atomic E-state index is 14.5. The summed E-state index contributed by atoms with van der Waals surface area (Å²) in [7, 11) is 0. The minimum atomic E-state index is -1.19. The Balaban J connectivity index is 0.000000204. The van der Waals surface area contributed by atoms with E-state index in [9.17, 15) is 44.7 Å². The van der Waals surface area contributed by atoms with Gasteiger partial charge in [-0.25, -0.2) is 35.1 Å². The Kier molecular flexibility index (Phi) is 12.0. The van der Waals surface area contributed by atoms with Gasteiger partial charge in [-0.15, -0.1) is 0 Å². The Morgan fingerprint density at radius 1 is 0.509 bits per heavy atom. The Labute approximate surface area is 314 Å². The Morgan fingerprint density at radius 3 is 1.36 bits per heavy atom. The number of halogens is 11. The molecule has 0 N–H and O–H groups in total. The summed E-state index contributed by atoms with van der Waals surface area (Å²) >= 11 is 15.4. The van der Waals surface area contributed by atoms with Crippen molar-refractivity contribution in [2.24, 2.45) is 0 Å². The number of hydrogen-bond donors (Lipinski definition) is 0. The molecule has 0 unspecified atom stereocenters. The van der Waals surface area contributed by atoms with Crippen molar-refractivity contribution in [2.45, 2.75) is 26.9 Å². The molecule has 0 atom stereocenters. The lowest BCUT2D eigenvalue weighted by molar-refractivity contribution is 0.544. The summed E-state index contributed by atoms with van der Waals surface area (Å²) in [5.74, 6) is -8.14. The molecule has 6 rings (SSSR count). The van der Waals surface area contributed by atoms with Crippen molar-refractivity contribution in [3.8, 4) is 44.8 Å². The predicted molar refractivity (Wildman–Crippen MR) is 192 cm³/mol. The summed E-state index contributed by atoms with van der Waals surface area (Å²) in [4.78, 5) is 24.7. The predicted octanol–water partition coefficient (Wildman–Crippen LogP) is 11.6. The molecule has 0 saturated carbocycles. The summed E-state index contributed by atoms with van der Waals surface area (Å²) < 4.78 is 114. The van der Waals surface area contributed by atoms with Gasteiger partial charge in [-0.3, -0.25) is 9.59 Å². The fourth-order valence-electron chi connectivity index (χ4n) is 5.73. The van der Waals surface area contributed by atoms with Gasteiger partial charge in [0.05, 0.1) is 27.0 Å². The molecule has 274 valence electrons. The van der Waals surface area contributed by atoms with Crippen molar-refractivity contribution in [2.75, 3.05) is 0 Å². The molecule has 53 heavy (non-hydrogen) atoms. The summed E-state index contributed by atoms with van der Waals surface area (Å²) in [6, 6.07) is 13.0. The van der Waals surface area contributed by atoms with Crippen LogP contribution >= 0.6 is 39.1 Å². The van der Waals surface area contributed by atoms with Crippen LogP contribution in [-0.4, -0.2) is 9.13 Å². The molecule has 0 aliphatic heterocycles. The Hall–Kier alpha value is -4.72. The zero-order valence-corrected chi connectivity index (χ0v) is 30.4. The van der Waals surface area contributed by atoms with E-state index in [1.807, 2.05) is 0 Å². The van der Waals surface area contributed by atoms with Gasteiger partial charge in [-0.05, 0) is 78.3 Å². The minimum Gasteiger partial charge on any atom is -0.308 e. The molecule has 0 bridgehead atoms. The van der Waals surface area contributed by atoms with Crippen LogP contribution in [0, 0.1) is 46.5 Å². The lowest BCUT2D eigenvalue weighted by atomic mass is 9.97. The molecular formula is C38H23BrCl2F8N2O2. The van der Waals surface area contributed by atoms with Crippen molar-refractivity contribution in [1.82, 2.24) is 9.13 Å². The van der Waals surface area contributed by atoms with E-state index in [2.05, 4.69) is 15.9 Å². The molecule has 0 aliphatic rings. The Morgan fingerprint density at radius 2 is 0.925 bits per heavy atom. The standard InChI is InChI=1S/C19H11BrClF4NO.C19H12ClF4NO/c1-2-26-18(17-15(24)6-10(23)7-16(17)25)12(8-13(20)19(26)27)11-5-9(22)3-4-14(11)21;1-2-25-17(26)6-4-12(13-7-10(21)3-5-14(13)20)19(25)18-15(23)8-11(22)9-16(18)24/h3-8H,2H2,1H3;3-9H,2H2,1H3. The van der Waals surface area contributed by atoms with E-state index in [4.69, 9.17) is 23.2 Å². The van der Waals surface area contributed by atoms with E-state index in [1.54, 1.807) is 13.8 Å². The van der Waals surface area contributed by atoms with Crippen LogP contribution in [0.2, 0.25) is 10.0 Å². The molecule has 0 amide bonds. The number of rotatable bonds is 6. The third kappa shape index (κ3) is 7.97. The second-order valence-corrected chi connectivity index (χ2v) is 12.9. The van der Waals surface area contributed by atoms with E-state index < -0.39 is 68.8 Å². The summed E-state index contributed by atoms with van der Waals surface area (Å²) in [6.07, 6.45) is 0. The van der Waals surface area contributed by atoms with Crippen molar-refractivity contribution in [3.63, 3.8) is 0 Å². The van der Waals surface area contributed by atoms with Crippen LogP contribution in [-0.2, 0) is 13.1 Å². The normalized spacial score (nSPS) is 11.0. The summed E-state index contributed by atoms with van der Waals surface area (Å²) in [5.41, 5.74) is -1.97. The van der Waals surface area contributed by atoms with Crippen LogP contribution in [0.25, 0.3) is 44.8 Å². The molecule has 15 heteroatoms. The van der Waals surface area contributed by atoms with Crippen LogP contribution in [0.4, 0.5) is 35.1 Å². The first-order valence-corrected chi connectivity index (χ1v) is 17.0. The van der Waals surface area contributed by atoms with Gasteiger partial charge in [-0.1, -0.05) is 23.2 Å². The Bertz CT molecular complexity index is 2480. The smallest absolute Gasteiger partial charge is 0.265 e. The highest BCUT2D eigenvalue weighted by molar-refractivity contribution is 9.10. The van der Waals surface area contributed by atoms with Gasteiger partial charge < -0.3 is 9.13 Å². The number of hydrogen-bond acceptors (Lipinski definition) is 2. The van der Waals surface area contributed by atoms with Crippen LogP contribution in [0.5, 0.6) is 0 Å². The van der Waals surface area contributed by atoms with Crippen LogP contribution in [0.3, 0.4) is 0 Å². The summed E-state index contributed by atoms with van der Waals surface area (Å²) in [5, 5.41) is 0.255. The maximum Gasteiger partial charge on any atom is 0.265 e. The molecule has 0 saturated heterocycles. The molecule has 2 heterocycles. The molecule has 4 nitrogen and oxygen atoms in total. The minimum absolute atomic E-state index is 0.0593. The molecule has 0 spiro atoms. The van der Waals surface area contributed by atoms with Gasteiger partial charge >= 0.3 is 0 Å². The second kappa shape index (κ2) is 16.1. The van der Waals surface area contributed by atoms with Crippen LogP contribution in [0.1, 0.15) is 13.8 Å². The van der Waals surface area contributed by atoms with Crippen LogP contribution in [0.15, 0.2) is 92.9 Å². The highest BCUT2D eigenvalue weighted by Gasteiger charge is 2.25. The molecular weight excluding hydrogens is 819 g/mol. The summed E-state index contributed by atoms with van der Waals surface area (Å²) in [6.45, 7) is 3.36. The fraction of sp³-hybridized carbons (Fsp3) is 0.105. The first-order valence-electron chi connectivity index (χ1n) is 15.5. The molecule has 0 radical (unpaired) electrons. The van der Waals surface area contributed by atoms with Crippen LogP contribution < -0.4 is 11.1 Å². The largest absolute Gasteiger partial charge is 0.308 e. The number of pyridine rings is 2. The van der Waals surface area contributed by atoms with Gasteiger partial charge in [0.15, 0.2) is 0 Å². The lowest BCUT2D eigenvalue weighted by Gasteiger charge is -2.19. The molecule has 4 aromatic carbocycles. The van der Waals surface area contributed by atoms with Gasteiger partial charge in [0.2, 0.25) is 0 Å². The van der Waals surface area contributed by atoms with Crippen molar-refractivity contribution < 1.29 is 35.1 Å². The zero-order chi connectivity index (χ0) is 38.9. The number of nitrogens with zero attached hydrogens (tertiary/aromatic N) is 2. The highest BCUT2D eigenvalue weighted by Crippen LogP contribution is 2.40. The SMILES string of the molecule is CCn1c(-c2c(F)cc(F)cc2F)c(-c2cc(F)ccc2Cl)cc(Br)c1=O.CCn1c(-c2c(F)cc(F)cc2F)c(-c2cc(F)ccc2Cl)ccc1=O. The van der Waals surface area contributed by atoms with Crippen molar-refractivity contribution >= 4 is 39.1 Å². The number of aromatic nitrogens is 2. The van der Waals surface area contributed by atoms with Gasteiger partial charge in [-0.2, -0.15) is 0 Å². The highest BCUT2D eigenvalue weighted by atomic mass is 79.9. The average Bonchev–Trinajstić information content (AvgIpc) is 3.08. The number of benzene rings is 4. The molecule has 6 aromatic rings. The van der Waals surface area contributed by atoms with Crippen molar-refractivity contribution in [3.05, 3.63) is 161 Å². The third-order valence-corrected chi connectivity index (χ3v) is 9.21. The third-order valence-electron chi connectivity index (χ3n) is 7.99. The fourth-order valence-corrected chi connectivity index (χ4v) is 6.62. The monoisotopic (exact) mass is 840 g/mol. The zero-order valence-electron chi connectivity index (χ0n) is 27.3. The maximum absolute atomic E-state index is 14.5. The lowest BCUT2D eigenvalue weighted by Crippen LogP contribution is -2.23. The first kappa shape index (κ1) is 39.5. The van der Waals surface area contributed by atoms with Crippen molar-refractivity contribution in [1.29, 1.82) is 0 Å². The van der Waals surface area contributed by atoms with E-state index in [1.165, 1.54) is 30.3 Å². The van der Waals surface area contributed by atoms with E-state index in [0.717, 1.165) is 33.4 Å². The van der Waals surface area contributed by atoms with E-state index >= 15 is 0 Å². The van der Waals surface area contributed by atoms with Gasteiger partial charge in [0.1, 0.15) is 46.5 Å². The topological polar surface area (TPSA) is 44.0 Å². The molecule has 2 aromatic heterocycles. The van der Waals surface area contributed by atoms with E-state index in [-0.39, 0.29) is 61.2 Å². The van der Waals surface area contributed by atoms with E-state index in [0.29, 0.717) is 24.3 Å².